The minimum absolute atomic E-state index is 0.0773. The summed E-state index contributed by atoms with van der Waals surface area (Å²) in [4.78, 5) is 11.9. The average molecular weight is 319 g/mol. The summed E-state index contributed by atoms with van der Waals surface area (Å²) < 4.78 is 10.7. The first-order chi connectivity index (χ1) is 10.8. The second-order valence-electron chi connectivity index (χ2n) is 4.92. The molecule has 2 heterocycles. The van der Waals surface area contributed by atoms with Gasteiger partial charge in [-0.25, -0.2) is 0 Å². The molecule has 22 heavy (non-hydrogen) atoms. The van der Waals surface area contributed by atoms with E-state index in [2.05, 4.69) is 15.5 Å². The summed E-state index contributed by atoms with van der Waals surface area (Å²) in [6.07, 6.45) is 1.41. The van der Waals surface area contributed by atoms with Gasteiger partial charge in [-0.05, 0) is 25.0 Å². The van der Waals surface area contributed by atoms with Crippen LogP contribution in [-0.4, -0.2) is 35.9 Å². The highest BCUT2D eigenvalue weighted by Crippen LogP contribution is 2.31. The Bertz CT molecular complexity index is 653. The van der Waals surface area contributed by atoms with Crippen molar-refractivity contribution in [1.82, 2.24) is 15.5 Å². The molecule has 1 unspecified atom stereocenters. The molecule has 7 heteroatoms. The van der Waals surface area contributed by atoms with Gasteiger partial charge in [0.1, 0.15) is 16.9 Å². The number of para-hydroxylation sites is 1. The van der Waals surface area contributed by atoms with Crippen LogP contribution in [0.25, 0.3) is 10.6 Å². The van der Waals surface area contributed by atoms with Gasteiger partial charge in [0, 0.05) is 6.61 Å². The van der Waals surface area contributed by atoms with Crippen molar-refractivity contribution in [3.8, 4) is 16.3 Å². The normalized spacial score (nSPS) is 17.4. The molecule has 1 amide bonds. The SMILES string of the molecule is COc1ccccc1-c1nnc(CNC(=O)C2CCCO2)s1. The van der Waals surface area contributed by atoms with Gasteiger partial charge < -0.3 is 14.8 Å². The van der Waals surface area contributed by atoms with Crippen molar-refractivity contribution in [1.29, 1.82) is 0 Å². The maximum Gasteiger partial charge on any atom is 0.249 e. The number of carbonyl (C=O) groups is 1. The number of methoxy groups -OCH3 is 1. The Morgan fingerprint density at radius 3 is 3.09 bits per heavy atom. The highest BCUT2D eigenvalue weighted by molar-refractivity contribution is 7.14. The summed E-state index contributed by atoms with van der Waals surface area (Å²) in [6, 6.07) is 7.66. The average Bonchev–Trinajstić information content (AvgIpc) is 3.24. The van der Waals surface area contributed by atoms with Gasteiger partial charge in [0.15, 0.2) is 5.01 Å². The Morgan fingerprint density at radius 1 is 1.45 bits per heavy atom. The highest BCUT2D eigenvalue weighted by atomic mass is 32.1. The van der Waals surface area contributed by atoms with Crippen molar-refractivity contribution >= 4 is 17.2 Å². The molecule has 1 fully saturated rings. The third kappa shape index (κ3) is 3.26. The maximum absolute atomic E-state index is 11.9. The van der Waals surface area contributed by atoms with Crippen LogP contribution in [0.3, 0.4) is 0 Å². The fourth-order valence-electron chi connectivity index (χ4n) is 2.32. The molecule has 0 aliphatic carbocycles. The molecule has 116 valence electrons. The van der Waals surface area contributed by atoms with Gasteiger partial charge in [0.05, 0.1) is 19.2 Å². The molecule has 1 aliphatic rings. The molecule has 1 atom stereocenters. The van der Waals surface area contributed by atoms with Crippen molar-refractivity contribution in [2.24, 2.45) is 0 Å². The number of amides is 1. The number of nitrogens with one attached hydrogen (secondary N) is 1. The van der Waals surface area contributed by atoms with E-state index in [1.807, 2.05) is 24.3 Å². The van der Waals surface area contributed by atoms with Crippen molar-refractivity contribution in [3.05, 3.63) is 29.3 Å². The maximum atomic E-state index is 11.9. The lowest BCUT2D eigenvalue weighted by Crippen LogP contribution is -2.33. The van der Waals surface area contributed by atoms with Crippen LogP contribution in [0.2, 0.25) is 0 Å². The number of hydrogen-bond acceptors (Lipinski definition) is 6. The smallest absolute Gasteiger partial charge is 0.249 e. The summed E-state index contributed by atoms with van der Waals surface area (Å²) in [5.74, 6) is 0.681. The lowest BCUT2D eigenvalue weighted by Gasteiger charge is -2.08. The van der Waals surface area contributed by atoms with Crippen LogP contribution in [0.4, 0.5) is 0 Å². The highest BCUT2D eigenvalue weighted by Gasteiger charge is 2.23. The minimum atomic E-state index is -0.318. The lowest BCUT2D eigenvalue weighted by atomic mass is 10.2. The summed E-state index contributed by atoms with van der Waals surface area (Å²) in [6.45, 7) is 1.03. The number of carbonyl (C=O) groups excluding carboxylic acids is 1. The van der Waals surface area contributed by atoms with E-state index in [9.17, 15) is 4.79 Å². The van der Waals surface area contributed by atoms with Crippen LogP contribution in [-0.2, 0) is 16.1 Å². The molecule has 0 radical (unpaired) electrons. The molecule has 0 saturated carbocycles. The van der Waals surface area contributed by atoms with Crippen LogP contribution in [0, 0.1) is 0 Å². The topological polar surface area (TPSA) is 73.3 Å². The first-order valence-corrected chi connectivity index (χ1v) is 7.94. The number of nitrogens with zero attached hydrogens (tertiary/aromatic N) is 2. The Hall–Kier alpha value is -1.99. The fraction of sp³-hybridized carbons (Fsp3) is 0.400. The van der Waals surface area contributed by atoms with Gasteiger partial charge in [0.25, 0.3) is 0 Å². The molecule has 1 N–H and O–H groups in total. The van der Waals surface area contributed by atoms with Gasteiger partial charge >= 0.3 is 0 Å². The predicted octanol–water partition coefficient (Wildman–Crippen LogP) is 2.01. The molecule has 2 aromatic rings. The quantitative estimate of drug-likeness (QED) is 0.912. The molecule has 6 nitrogen and oxygen atoms in total. The number of benzene rings is 1. The van der Waals surface area contributed by atoms with E-state index < -0.39 is 0 Å². The zero-order valence-electron chi connectivity index (χ0n) is 12.2. The first kappa shape index (κ1) is 14.9. The summed E-state index contributed by atoms with van der Waals surface area (Å²) >= 11 is 1.44. The minimum Gasteiger partial charge on any atom is -0.496 e. The Balaban J connectivity index is 1.65. The largest absolute Gasteiger partial charge is 0.496 e. The van der Waals surface area contributed by atoms with Gasteiger partial charge in [-0.3, -0.25) is 4.79 Å². The number of ether oxygens (including phenoxy) is 2. The van der Waals surface area contributed by atoms with Gasteiger partial charge in [-0.1, -0.05) is 23.5 Å². The fourth-order valence-corrected chi connectivity index (χ4v) is 3.13. The van der Waals surface area contributed by atoms with E-state index in [1.54, 1.807) is 7.11 Å². The molecule has 3 rings (SSSR count). The summed E-state index contributed by atoms with van der Waals surface area (Å²) in [5.41, 5.74) is 0.902. The van der Waals surface area contributed by atoms with Crippen LogP contribution < -0.4 is 10.1 Å². The van der Waals surface area contributed by atoms with E-state index in [4.69, 9.17) is 9.47 Å². The van der Waals surface area contributed by atoms with Crippen molar-refractivity contribution in [2.45, 2.75) is 25.5 Å². The van der Waals surface area contributed by atoms with E-state index >= 15 is 0 Å². The Labute approximate surface area is 132 Å². The van der Waals surface area contributed by atoms with Gasteiger partial charge in [0.2, 0.25) is 5.91 Å². The molecule has 0 spiro atoms. The standard InChI is InChI=1S/C15H17N3O3S/c1-20-11-6-3-2-5-10(11)15-18-17-13(22-15)9-16-14(19)12-7-4-8-21-12/h2-3,5-6,12H,4,7-9H2,1H3,(H,16,19). The van der Waals surface area contributed by atoms with E-state index in [1.165, 1.54) is 11.3 Å². The zero-order chi connectivity index (χ0) is 15.4. The zero-order valence-corrected chi connectivity index (χ0v) is 13.1. The summed E-state index contributed by atoms with van der Waals surface area (Å²) in [5, 5.41) is 12.7. The predicted molar refractivity (Wildman–Crippen MR) is 82.7 cm³/mol. The second kappa shape index (κ2) is 6.85. The van der Waals surface area contributed by atoms with E-state index in [-0.39, 0.29) is 12.0 Å². The molecular formula is C15H17N3O3S. The molecule has 1 aromatic carbocycles. The number of rotatable bonds is 5. The van der Waals surface area contributed by atoms with Gasteiger partial charge in [-0.15, -0.1) is 10.2 Å². The van der Waals surface area contributed by atoms with Crippen LogP contribution in [0.15, 0.2) is 24.3 Å². The van der Waals surface area contributed by atoms with Crippen molar-refractivity contribution < 1.29 is 14.3 Å². The van der Waals surface area contributed by atoms with E-state index in [0.717, 1.165) is 34.2 Å². The van der Waals surface area contributed by atoms with Gasteiger partial charge in [-0.2, -0.15) is 0 Å². The molecule has 1 aliphatic heterocycles. The number of aromatic nitrogens is 2. The third-order valence-electron chi connectivity index (χ3n) is 3.44. The summed E-state index contributed by atoms with van der Waals surface area (Å²) in [7, 11) is 1.63. The second-order valence-corrected chi connectivity index (χ2v) is 5.98. The molecule has 1 aromatic heterocycles. The molecule has 1 saturated heterocycles. The first-order valence-electron chi connectivity index (χ1n) is 7.13. The third-order valence-corrected chi connectivity index (χ3v) is 4.40. The lowest BCUT2D eigenvalue weighted by molar-refractivity contribution is -0.130. The van der Waals surface area contributed by atoms with Crippen LogP contribution in [0.5, 0.6) is 5.75 Å². The van der Waals surface area contributed by atoms with Crippen LogP contribution >= 0.6 is 11.3 Å². The van der Waals surface area contributed by atoms with E-state index in [0.29, 0.717) is 13.2 Å². The number of hydrogen-bond donors (Lipinski definition) is 1. The Morgan fingerprint density at radius 2 is 2.32 bits per heavy atom. The van der Waals surface area contributed by atoms with Crippen LogP contribution in [0.1, 0.15) is 17.8 Å². The Kier molecular flexibility index (Phi) is 4.65. The molecule has 0 bridgehead atoms. The van der Waals surface area contributed by atoms with Crippen molar-refractivity contribution in [3.63, 3.8) is 0 Å². The van der Waals surface area contributed by atoms with Crippen molar-refractivity contribution in [2.75, 3.05) is 13.7 Å². The molecular weight excluding hydrogens is 302 g/mol. The monoisotopic (exact) mass is 319 g/mol.